The second kappa shape index (κ2) is 2.88. The first-order valence-corrected chi connectivity index (χ1v) is 4.18. The first kappa shape index (κ1) is 9.82. The van der Waals surface area contributed by atoms with Gasteiger partial charge in [0.15, 0.2) is 0 Å². The smallest absolute Gasteiger partial charge is 0.399 e. The van der Waals surface area contributed by atoms with Gasteiger partial charge in [-0.2, -0.15) is 18.3 Å². The normalized spacial score (nSPS) is 12.3. The number of alkyl halides is 3. The van der Waals surface area contributed by atoms with Crippen LogP contribution in [-0.4, -0.2) is 9.78 Å². The van der Waals surface area contributed by atoms with Crippen molar-refractivity contribution in [2.24, 2.45) is 7.05 Å². The van der Waals surface area contributed by atoms with E-state index in [4.69, 9.17) is 5.73 Å². The lowest BCUT2D eigenvalue weighted by Crippen LogP contribution is -2.07. The maximum absolute atomic E-state index is 12.6. The summed E-state index contributed by atoms with van der Waals surface area (Å²) in [6, 6.07) is 2.37. The lowest BCUT2D eigenvalue weighted by molar-refractivity contribution is -0.136. The highest BCUT2D eigenvalue weighted by Crippen LogP contribution is 2.35. The standard InChI is InChI=1S/C9H8F3N3/c1-15-4-5-2-6(13)3-7(8(5)14-15)9(10,11)12/h2-4H,13H2,1H3. The summed E-state index contributed by atoms with van der Waals surface area (Å²) in [4.78, 5) is 0. The molecule has 3 nitrogen and oxygen atoms in total. The zero-order valence-electron chi connectivity index (χ0n) is 7.84. The van der Waals surface area contributed by atoms with Crippen LogP contribution < -0.4 is 5.73 Å². The summed E-state index contributed by atoms with van der Waals surface area (Å²) >= 11 is 0. The largest absolute Gasteiger partial charge is 0.418 e. The molecule has 0 aliphatic rings. The van der Waals surface area contributed by atoms with Gasteiger partial charge in [0.05, 0.1) is 5.56 Å². The first-order valence-electron chi connectivity index (χ1n) is 4.18. The van der Waals surface area contributed by atoms with Gasteiger partial charge in [-0.25, -0.2) is 0 Å². The van der Waals surface area contributed by atoms with Crippen molar-refractivity contribution in [1.82, 2.24) is 9.78 Å². The summed E-state index contributed by atoms with van der Waals surface area (Å²) in [6.07, 6.45) is -2.93. The zero-order chi connectivity index (χ0) is 11.2. The van der Waals surface area contributed by atoms with Gasteiger partial charge in [0, 0.05) is 24.3 Å². The molecule has 6 heteroatoms. The molecular formula is C9H8F3N3. The van der Waals surface area contributed by atoms with Gasteiger partial charge in [0.2, 0.25) is 0 Å². The van der Waals surface area contributed by atoms with Crippen LogP contribution in [0.25, 0.3) is 10.9 Å². The summed E-state index contributed by atoms with van der Waals surface area (Å²) in [7, 11) is 1.57. The predicted molar refractivity (Wildman–Crippen MR) is 50.1 cm³/mol. The Morgan fingerprint density at radius 3 is 2.60 bits per heavy atom. The second-order valence-electron chi connectivity index (χ2n) is 3.31. The Bertz CT molecular complexity index is 513. The Kier molecular flexibility index (Phi) is 1.89. The Morgan fingerprint density at radius 2 is 2.00 bits per heavy atom. The Hall–Kier alpha value is -1.72. The molecule has 0 saturated carbocycles. The number of benzene rings is 1. The fraction of sp³-hybridized carbons (Fsp3) is 0.222. The van der Waals surface area contributed by atoms with Crippen LogP contribution in [0.4, 0.5) is 18.9 Å². The van der Waals surface area contributed by atoms with E-state index in [1.165, 1.54) is 16.9 Å². The fourth-order valence-corrected chi connectivity index (χ4v) is 1.49. The van der Waals surface area contributed by atoms with Crippen LogP contribution in [0.2, 0.25) is 0 Å². The monoisotopic (exact) mass is 215 g/mol. The molecule has 0 aliphatic carbocycles. The average Bonchev–Trinajstić information content (AvgIpc) is 2.41. The van der Waals surface area contributed by atoms with Crippen molar-refractivity contribution >= 4 is 16.6 Å². The quantitative estimate of drug-likeness (QED) is 0.684. The number of halogens is 3. The van der Waals surface area contributed by atoms with E-state index in [0.717, 1.165) is 6.07 Å². The average molecular weight is 215 g/mol. The second-order valence-corrected chi connectivity index (χ2v) is 3.31. The van der Waals surface area contributed by atoms with Crippen LogP contribution in [0.3, 0.4) is 0 Å². The number of nitrogens with two attached hydrogens (primary N) is 1. The third kappa shape index (κ3) is 1.62. The molecule has 0 aliphatic heterocycles. The van der Waals surface area contributed by atoms with E-state index < -0.39 is 11.7 Å². The minimum atomic E-state index is -4.43. The molecule has 2 aromatic rings. The lowest BCUT2D eigenvalue weighted by Gasteiger charge is -2.07. The molecule has 0 spiro atoms. The lowest BCUT2D eigenvalue weighted by atomic mass is 10.1. The molecule has 0 fully saturated rings. The van der Waals surface area contributed by atoms with Gasteiger partial charge >= 0.3 is 6.18 Å². The minimum absolute atomic E-state index is 0.0702. The van der Waals surface area contributed by atoms with Crippen LogP contribution >= 0.6 is 0 Å². The summed E-state index contributed by atoms with van der Waals surface area (Å²) in [6.45, 7) is 0. The minimum Gasteiger partial charge on any atom is -0.399 e. The van der Waals surface area contributed by atoms with Crippen LogP contribution in [0.15, 0.2) is 18.3 Å². The molecule has 2 rings (SSSR count). The van der Waals surface area contributed by atoms with E-state index in [1.807, 2.05) is 0 Å². The highest BCUT2D eigenvalue weighted by Gasteiger charge is 2.34. The molecule has 2 N–H and O–H groups in total. The third-order valence-electron chi connectivity index (χ3n) is 2.05. The molecule has 15 heavy (non-hydrogen) atoms. The number of aryl methyl sites for hydroxylation is 1. The number of hydrogen-bond acceptors (Lipinski definition) is 2. The third-order valence-corrected chi connectivity index (χ3v) is 2.05. The van der Waals surface area contributed by atoms with Crippen molar-refractivity contribution in [1.29, 1.82) is 0 Å². The van der Waals surface area contributed by atoms with E-state index in [1.54, 1.807) is 7.05 Å². The van der Waals surface area contributed by atoms with E-state index >= 15 is 0 Å². The van der Waals surface area contributed by atoms with E-state index in [9.17, 15) is 13.2 Å². The van der Waals surface area contributed by atoms with Crippen LogP contribution in [0.5, 0.6) is 0 Å². The Balaban J connectivity index is 2.82. The molecular weight excluding hydrogens is 207 g/mol. The molecule has 0 saturated heterocycles. The number of anilines is 1. The van der Waals surface area contributed by atoms with E-state index in [0.29, 0.717) is 5.39 Å². The van der Waals surface area contributed by atoms with Gasteiger partial charge in [0.1, 0.15) is 5.52 Å². The zero-order valence-corrected chi connectivity index (χ0v) is 7.84. The van der Waals surface area contributed by atoms with E-state index in [2.05, 4.69) is 5.10 Å². The highest BCUT2D eigenvalue weighted by molar-refractivity contribution is 5.85. The first-order chi connectivity index (χ1) is 6.88. The molecule has 0 radical (unpaired) electrons. The van der Waals surface area contributed by atoms with Gasteiger partial charge in [0.25, 0.3) is 0 Å². The molecule has 1 aromatic heterocycles. The fourth-order valence-electron chi connectivity index (χ4n) is 1.49. The molecule has 0 atom stereocenters. The van der Waals surface area contributed by atoms with Crippen LogP contribution in [0.1, 0.15) is 5.56 Å². The molecule has 0 amide bonds. The van der Waals surface area contributed by atoms with Crippen molar-refractivity contribution in [2.75, 3.05) is 5.73 Å². The molecule has 1 aromatic carbocycles. The van der Waals surface area contributed by atoms with Gasteiger partial charge < -0.3 is 5.73 Å². The molecule has 0 bridgehead atoms. The van der Waals surface area contributed by atoms with Gasteiger partial charge in [-0.3, -0.25) is 4.68 Å². The van der Waals surface area contributed by atoms with E-state index in [-0.39, 0.29) is 11.2 Å². The number of fused-ring (bicyclic) bond motifs is 1. The van der Waals surface area contributed by atoms with Crippen molar-refractivity contribution in [3.05, 3.63) is 23.9 Å². The molecule has 1 heterocycles. The predicted octanol–water partition coefficient (Wildman–Crippen LogP) is 2.17. The van der Waals surface area contributed by atoms with Gasteiger partial charge in [-0.05, 0) is 12.1 Å². The van der Waals surface area contributed by atoms with Crippen molar-refractivity contribution in [3.63, 3.8) is 0 Å². The molecule has 80 valence electrons. The van der Waals surface area contributed by atoms with Crippen LogP contribution in [-0.2, 0) is 13.2 Å². The number of rotatable bonds is 0. The maximum atomic E-state index is 12.6. The summed E-state index contributed by atoms with van der Waals surface area (Å²) in [5.74, 6) is 0. The SMILES string of the molecule is Cn1cc2cc(N)cc(C(F)(F)F)c2n1. The summed E-state index contributed by atoms with van der Waals surface area (Å²) in [5.41, 5.74) is 4.62. The van der Waals surface area contributed by atoms with Gasteiger partial charge in [-0.15, -0.1) is 0 Å². The van der Waals surface area contributed by atoms with Crippen molar-refractivity contribution in [3.8, 4) is 0 Å². The number of hydrogen-bond donors (Lipinski definition) is 1. The van der Waals surface area contributed by atoms with Crippen LogP contribution in [0, 0.1) is 0 Å². The number of aromatic nitrogens is 2. The number of nitrogen functional groups attached to an aromatic ring is 1. The topological polar surface area (TPSA) is 43.8 Å². The Morgan fingerprint density at radius 1 is 1.33 bits per heavy atom. The number of nitrogens with zero attached hydrogens (tertiary/aromatic N) is 2. The highest BCUT2D eigenvalue weighted by atomic mass is 19.4. The maximum Gasteiger partial charge on any atom is 0.418 e. The summed E-state index contributed by atoms with van der Waals surface area (Å²) in [5, 5.41) is 4.16. The van der Waals surface area contributed by atoms with Crippen molar-refractivity contribution < 1.29 is 13.2 Å². The van der Waals surface area contributed by atoms with Gasteiger partial charge in [-0.1, -0.05) is 0 Å². The summed E-state index contributed by atoms with van der Waals surface area (Å²) < 4.78 is 39.1. The Labute approximate surface area is 83.3 Å². The van der Waals surface area contributed by atoms with Crippen molar-refractivity contribution in [2.45, 2.75) is 6.18 Å². The molecule has 0 unspecified atom stereocenters.